The number of urea groups is 1. The molecule has 0 radical (unpaired) electrons. The number of hydrogen-bond donors (Lipinski definition) is 1. The van der Waals surface area contributed by atoms with Gasteiger partial charge in [-0.15, -0.1) is 0 Å². The second kappa shape index (κ2) is 7.49. The van der Waals surface area contributed by atoms with Crippen LogP contribution in [0.1, 0.15) is 31.9 Å². The summed E-state index contributed by atoms with van der Waals surface area (Å²) in [6, 6.07) is 8.54. The van der Waals surface area contributed by atoms with Crippen LogP contribution >= 0.6 is 0 Å². The normalized spacial score (nSPS) is 20.5. The zero-order valence-electron chi connectivity index (χ0n) is 14.0. The molecule has 1 saturated heterocycles. The van der Waals surface area contributed by atoms with Gasteiger partial charge in [-0.3, -0.25) is 4.90 Å². The number of nitrogens with one attached hydrogen (secondary N) is 1. The molecular weight excluding hydrogens is 278 g/mol. The van der Waals surface area contributed by atoms with Crippen molar-refractivity contribution in [2.45, 2.75) is 32.4 Å². The maximum Gasteiger partial charge on any atom is 0.317 e. The molecule has 2 atom stereocenters. The average Bonchev–Trinajstić information content (AvgIpc) is 2.55. The van der Waals surface area contributed by atoms with E-state index in [1.54, 1.807) is 7.11 Å². The van der Waals surface area contributed by atoms with Crippen molar-refractivity contribution in [2.75, 3.05) is 33.8 Å². The van der Waals surface area contributed by atoms with Crippen molar-refractivity contribution in [1.82, 2.24) is 15.1 Å². The molecule has 0 saturated carbocycles. The summed E-state index contributed by atoms with van der Waals surface area (Å²) in [7, 11) is 3.78. The van der Waals surface area contributed by atoms with Crippen LogP contribution < -0.4 is 10.1 Å². The van der Waals surface area contributed by atoms with E-state index in [9.17, 15) is 4.79 Å². The molecule has 0 aliphatic carbocycles. The van der Waals surface area contributed by atoms with Crippen molar-refractivity contribution in [3.05, 3.63) is 29.8 Å². The van der Waals surface area contributed by atoms with E-state index in [-0.39, 0.29) is 18.1 Å². The van der Waals surface area contributed by atoms with E-state index in [4.69, 9.17) is 4.74 Å². The van der Waals surface area contributed by atoms with Gasteiger partial charge in [0, 0.05) is 25.7 Å². The molecule has 1 aliphatic rings. The molecule has 1 aromatic rings. The predicted octanol–water partition coefficient (Wildman–Crippen LogP) is 2.49. The van der Waals surface area contributed by atoms with Crippen molar-refractivity contribution in [1.29, 1.82) is 0 Å². The number of carbonyl (C=O) groups is 1. The molecule has 2 rings (SSSR count). The van der Waals surface area contributed by atoms with Crippen LogP contribution in [0.4, 0.5) is 4.79 Å². The van der Waals surface area contributed by atoms with Gasteiger partial charge in [0.2, 0.25) is 0 Å². The van der Waals surface area contributed by atoms with Crippen molar-refractivity contribution in [2.24, 2.45) is 0 Å². The van der Waals surface area contributed by atoms with Gasteiger partial charge in [-0.1, -0.05) is 19.1 Å². The summed E-state index contributed by atoms with van der Waals surface area (Å²) < 4.78 is 5.31. The summed E-state index contributed by atoms with van der Waals surface area (Å²) >= 11 is 0. The highest BCUT2D eigenvalue weighted by molar-refractivity contribution is 5.74. The summed E-state index contributed by atoms with van der Waals surface area (Å²) in [4.78, 5) is 16.6. The Kier molecular flexibility index (Phi) is 5.66. The molecular formula is C17H27N3O2. The first-order valence-corrected chi connectivity index (χ1v) is 7.94. The number of nitrogens with zero attached hydrogens (tertiary/aromatic N) is 2. The van der Waals surface area contributed by atoms with Crippen LogP contribution in [-0.4, -0.2) is 55.7 Å². The number of methoxy groups -OCH3 is 1. The zero-order chi connectivity index (χ0) is 16.1. The number of ether oxygens (including phenoxy) is 1. The van der Waals surface area contributed by atoms with Gasteiger partial charge in [0.1, 0.15) is 5.75 Å². The molecule has 1 aliphatic heterocycles. The van der Waals surface area contributed by atoms with Gasteiger partial charge in [-0.25, -0.2) is 4.79 Å². The van der Waals surface area contributed by atoms with Crippen molar-refractivity contribution >= 4 is 6.03 Å². The molecule has 5 heteroatoms. The summed E-state index contributed by atoms with van der Waals surface area (Å²) in [6.07, 6.45) is 0.943. The second-order valence-electron chi connectivity index (χ2n) is 5.98. The Bertz CT molecular complexity index is 506. The lowest BCUT2D eigenvalue weighted by Gasteiger charge is -2.40. The zero-order valence-corrected chi connectivity index (χ0v) is 14.0. The van der Waals surface area contributed by atoms with Crippen LogP contribution in [-0.2, 0) is 0 Å². The standard InChI is InChI=1S/C17H27N3O2/c1-5-13(2)18-17(21)20-10-9-19(3)16(12-20)14-7-6-8-15(11-14)22-4/h6-8,11,13,16H,5,9-10,12H2,1-4H3,(H,18,21). The molecule has 5 nitrogen and oxygen atoms in total. The maximum absolute atomic E-state index is 12.3. The number of amides is 2. The van der Waals surface area contributed by atoms with Crippen LogP contribution in [0.15, 0.2) is 24.3 Å². The minimum Gasteiger partial charge on any atom is -0.497 e. The Hall–Kier alpha value is -1.75. The molecule has 1 N–H and O–H groups in total. The first kappa shape index (κ1) is 16.6. The fourth-order valence-corrected chi connectivity index (χ4v) is 2.67. The molecule has 22 heavy (non-hydrogen) atoms. The lowest BCUT2D eigenvalue weighted by Crippen LogP contribution is -2.53. The molecule has 1 fully saturated rings. The molecule has 2 unspecified atom stereocenters. The van der Waals surface area contributed by atoms with Crippen molar-refractivity contribution in [3.8, 4) is 5.75 Å². The Balaban J connectivity index is 2.09. The van der Waals surface area contributed by atoms with E-state index in [0.717, 1.165) is 25.3 Å². The molecule has 0 aromatic heterocycles. The van der Waals surface area contributed by atoms with E-state index >= 15 is 0 Å². The summed E-state index contributed by atoms with van der Waals surface area (Å²) in [6.45, 7) is 6.45. The largest absolute Gasteiger partial charge is 0.497 e. The highest BCUT2D eigenvalue weighted by atomic mass is 16.5. The van der Waals surface area contributed by atoms with E-state index in [1.807, 2.05) is 24.0 Å². The van der Waals surface area contributed by atoms with Crippen LogP contribution in [0.25, 0.3) is 0 Å². The van der Waals surface area contributed by atoms with Crippen LogP contribution in [0.2, 0.25) is 0 Å². The third kappa shape index (κ3) is 3.91. The quantitative estimate of drug-likeness (QED) is 0.929. The summed E-state index contributed by atoms with van der Waals surface area (Å²) in [5.74, 6) is 0.854. The van der Waals surface area contributed by atoms with E-state index in [0.29, 0.717) is 6.54 Å². The second-order valence-corrected chi connectivity index (χ2v) is 5.98. The molecule has 0 spiro atoms. The average molecular weight is 305 g/mol. The number of rotatable bonds is 4. The summed E-state index contributed by atoms with van der Waals surface area (Å²) in [5.41, 5.74) is 1.18. The highest BCUT2D eigenvalue weighted by Crippen LogP contribution is 2.26. The molecule has 1 heterocycles. The predicted molar refractivity (Wildman–Crippen MR) is 88.2 cm³/mol. The van der Waals surface area contributed by atoms with E-state index < -0.39 is 0 Å². The lowest BCUT2D eigenvalue weighted by molar-refractivity contribution is 0.108. The number of hydrogen-bond acceptors (Lipinski definition) is 3. The Morgan fingerprint density at radius 2 is 2.23 bits per heavy atom. The fraction of sp³-hybridized carbons (Fsp3) is 0.588. The monoisotopic (exact) mass is 305 g/mol. The van der Waals surface area contributed by atoms with Crippen LogP contribution in [0.5, 0.6) is 5.75 Å². The first-order chi connectivity index (χ1) is 10.5. The topological polar surface area (TPSA) is 44.8 Å². The Labute approximate surface area is 133 Å². The van der Waals surface area contributed by atoms with Gasteiger partial charge < -0.3 is 15.0 Å². The highest BCUT2D eigenvalue weighted by Gasteiger charge is 2.28. The van der Waals surface area contributed by atoms with Crippen LogP contribution in [0, 0.1) is 0 Å². The minimum absolute atomic E-state index is 0.0374. The SMILES string of the molecule is CCC(C)NC(=O)N1CCN(C)C(c2cccc(OC)c2)C1. The Morgan fingerprint density at radius 1 is 1.45 bits per heavy atom. The van der Waals surface area contributed by atoms with Gasteiger partial charge in [0.25, 0.3) is 0 Å². The maximum atomic E-state index is 12.3. The van der Waals surface area contributed by atoms with Crippen LogP contribution in [0.3, 0.4) is 0 Å². The van der Waals surface area contributed by atoms with Gasteiger partial charge in [-0.05, 0) is 38.1 Å². The number of piperazine rings is 1. The first-order valence-electron chi connectivity index (χ1n) is 7.94. The van der Waals surface area contributed by atoms with Gasteiger partial charge in [-0.2, -0.15) is 0 Å². The molecule has 122 valence electrons. The van der Waals surface area contributed by atoms with Gasteiger partial charge in [0.05, 0.1) is 13.2 Å². The third-order valence-electron chi connectivity index (χ3n) is 4.40. The van der Waals surface area contributed by atoms with Crippen molar-refractivity contribution < 1.29 is 9.53 Å². The van der Waals surface area contributed by atoms with Gasteiger partial charge >= 0.3 is 6.03 Å². The molecule has 0 bridgehead atoms. The minimum atomic E-state index is 0.0374. The molecule has 2 amide bonds. The van der Waals surface area contributed by atoms with E-state index in [2.05, 4.69) is 36.3 Å². The Morgan fingerprint density at radius 3 is 2.91 bits per heavy atom. The van der Waals surface area contributed by atoms with Crippen molar-refractivity contribution in [3.63, 3.8) is 0 Å². The fourth-order valence-electron chi connectivity index (χ4n) is 2.67. The van der Waals surface area contributed by atoms with Gasteiger partial charge in [0.15, 0.2) is 0 Å². The lowest BCUT2D eigenvalue weighted by atomic mass is 10.0. The number of likely N-dealkylation sites (N-methyl/N-ethyl adjacent to an activating group) is 1. The molecule has 1 aromatic carbocycles. The van der Waals surface area contributed by atoms with E-state index in [1.165, 1.54) is 5.56 Å². The third-order valence-corrected chi connectivity index (χ3v) is 4.40. The number of benzene rings is 1. The smallest absolute Gasteiger partial charge is 0.317 e. The number of carbonyl (C=O) groups excluding carboxylic acids is 1. The summed E-state index contributed by atoms with van der Waals surface area (Å²) in [5, 5.41) is 3.05.